The molecule has 0 fully saturated rings. The van der Waals surface area contributed by atoms with Crippen molar-refractivity contribution in [1.82, 2.24) is 14.9 Å². The molecule has 0 atom stereocenters. The van der Waals surface area contributed by atoms with Crippen LogP contribution in [0.25, 0.3) is 43.6 Å². The number of nitrogens with one attached hydrogen (secondary N) is 2. The lowest BCUT2D eigenvalue weighted by Crippen LogP contribution is -2.20. The fourth-order valence-corrected chi connectivity index (χ4v) is 4.81. The van der Waals surface area contributed by atoms with E-state index in [-0.39, 0.29) is 11.8 Å². The molecule has 0 bridgehead atoms. The predicted octanol–water partition coefficient (Wildman–Crippen LogP) is 3.66. The molecule has 2 aromatic heterocycles. The molecule has 0 radical (unpaired) electrons. The van der Waals surface area contributed by atoms with Crippen molar-refractivity contribution in [3.63, 3.8) is 0 Å². The topological polar surface area (TPSA) is 92.9 Å². The number of aromatic amines is 1. The van der Waals surface area contributed by atoms with Crippen molar-refractivity contribution >= 4 is 55.4 Å². The number of rotatable bonds is 3. The summed E-state index contributed by atoms with van der Waals surface area (Å²) in [5, 5.41) is 6.07. The highest BCUT2D eigenvalue weighted by Crippen LogP contribution is 2.43. The number of nitrogens with zero attached hydrogens (tertiary/aromatic N) is 1. The minimum atomic E-state index is -0.333. The molecule has 4 N–H and O–H groups in total. The molecular weight excluding hydrogens is 364 g/mol. The lowest BCUT2D eigenvalue weighted by Gasteiger charge is -2.09. The number of benzene rings is 3. The molecule has 142 valence electrons. The molecule has 0 unspecified atom stereocenters. The number of aryl methyl sites for hydroxylation is 1. The molecule has 0 saturated carbocycles. The first-order valence-electron chi connectivity index (χ1n) is 9.73. The molecule has 3 heterocycles. The van der Waals surface area contributed by atoms with E-state index in [9.17, 15) is 9.59 Å². The number of nitrogens with two attached hydrogens (primary N) is 1. The Kier molecular flexibility index (Phi) is 3.20. The van der Waals surface area contributed by atoms with E-state index in [4.69, 9.17) is 5.73 Å². The smallest absolute Gasteiger partial charge is 0.259 e. The third-order valence-corrected chi connectivity index (χ3v) is 5.93. The lowest BCUT2D eigenvalue weighted by atomic mass is 9.97. The normalized spacial score (nSPS) is 13.8. The van der Waals surface area contributed by atoms with E-state index in [1.54, 1.807) is 0 Å². The number of hydrogen-bond acceptors (Lipinski definition) is 3. The third-order valence-electron chi connectivity index (χ3n) is 5.93. The number of amides is 2. The fraction of sp³-hybridized carbons (Fsp3) is 0.130. The van der Waals surface area contributed by atoms with Crippen LogP contribution in [0.15, 0.2) is 48.5 Å². The summed E-state index contributed by atoms with van der Waals surface area (Å²) in [6.45, 7) is 1.31. The molecule has 6 rings (SSSR count). The highest BCUT2D eigenvalue weighted by atomic mass is 16.2. The van der Waals surface area contributed by atoms with Crippen molar-refractivity contribution in [1.29, 1.82) is 0 Å². The highest BCUT2D eigenvalue weighted by Gasteiger charge is 2.35. The Morgan fingerprint density at radius 3 is 2.34 bits per heavy atom. The summed E-state index contributed by atoms with van der Waals surface area (Å²) < 4.78 is 2.23. The molecular formula is C23H18N4O2. The van der Waals surface area contributed by atoms with Crippen molar-refractivity contribution in [3.8, 4) is 0 Å². The standard InChI is InChI=1S/C23H18N4O2/c24-10-5-11-27-15-9-4-2-7-13(15)17-19-18(22(28)26-23(19)29)16-12-6-1-3-8-14(12)25-20(16)21(17)27/h1-4,6-9,25H,5,10-11,24H2,(H,26,28,29). The molecule has 6 heteroatoms. The maximum Gasteiger partial charge on any atom is 0.259 e. The van der Waals surface area contributed by atoms with Gasteiger partial charge in [-0.1, -0.05) is 36.4 Å². The Labute approximate surface area is 165 Å². The molecule has 3 aromatic carbocycles. The second-order valence-electron chi connectivity index (χ2n) is 7.49. The number of carbonyl (C=O) groups is 2. The van der Waals surface area contributed by atoms with Crippen LogP contribution in [0.4, 0.5) is 0 Å². The van der Waals surface area contributed by atoms with Crippen LogP contribution in [0.1, 0.15) is 27.1 Å². The van der Waals surface area contributed by atoms with Gasteiger partial charge in [-0.2, -0.15) is 0 Å². The molecule has 1 aliphatic rings. The van der Waals surface area contributed by atoms with E-state index in [1.165, 1.54) is 0 Å². The van der Waals surface area contributed by atoms with Crippen LogP contribution in [0.2, 0.25) is 0 Å². The molecule has 0 spiro atoms. The molecule has 1 aliphatic heterocycles. The minimum absolute atomic E-state index is 0.330. The first-order chi connectivity index (χ1) is 14.2. The average Bonchev–Trinajstić information content (AvgIpc) is 3.36. The summed E-state index contributed by atoms with van der Waals surface area (Å²) >= 11 is 0. The van der Waals surface area contributed by atoms with E-state index in [2.05, 4.69) is 20.9 Å². The first-order valence-corrected chi connectivity index (χ1v) is 9.73. The summed E-state index contributed by atoms with van der Waals surface area (Å²) in [5.74, 6) is -0.663. The van der Waals surface area contributed by atoms with Gasteiger partial charge in [-0.3, -0.25) is 14.9 Å². The number of fused-ring (bicyclic) bond motifs is 10. The lowest BCUT2D eigenvalue weighted by molar-refractivity contribution is 0.0880. The van der Waals surface area contributed by atoms with Gasteiger partial charge in [0.05, 0.1) is 22.2 Å². The summed E-state index contributed by atoms with van der Waals surface area (Å²) in [4.78, 5) is 29.2. The van der Waals surface area contributed by atoms with Gasteiger partial charge in [0.2, 0.25) is 0 Å². The molecule has 29 heavy (non-hydrogen) atoms. The van der Waals surface area contributed by atoms with Gasteiger partial charge in [-0.25, -0.2) is 0 Å². The van der Waals surface area contributed by atoms with Gasteiger partial charge in [0.25, 0.3) is 11.8 Å². The highest BCUT2D eigenvalue weighted by molar-refractivity contribution is 6.39. The Morgan fingerprint density at radius 1 is 0.862 bits per heavy atom. The Balaban J connectivity index is 1.96. The van der Waals surface area contributed by atoms with Gasteiger partial charge in [-0.05, 0) is 25.1 Å². The molecule has 6 nitrogen and oxygen atoms in total. The van der Waals surface area contributed by atoms with Gasteiger partial charge in [0, 0.05) is 39.1 Å². The zero-order chi connectivity index (χ0) is 19.7. The summed E-state index contributed by atoms with van der Waals surface area (Å²) in [6, 6.07) is 15.9. The number of para-hydroxylation sites is 2. The van der Waals surface area contributed by atoms with Crippen LogP contribution in [0.3, 0.4) is 0 Å². The van der Waals surface area contributed by atoms with E-state index < -0.39 is 0 Å². The number of aromatic nitrogens is 2. The summed E-state index contributed by atoms with van der Waals surface area (Å²) in [5.41, 5.74) is 10.6. The Bertz CT molecular complexity index is 1510. The van der Waals surface area contributed by atoms with Gasteiger partial charge >= 0.3 is 0 Å². The number of hydrogen-bond donors (Lipinski definition) is 3. The van der Waals surface area contributed by atoms with Crippen LogP contribution in [0, 0.1) is 0 Å². The van der Waals surface area contributed by atoms with Crippen molar-refractivity contribution in [2.75, 3.05) is 6.54 Å². The van der Waals surface area contributed by atoms with Crippen molar-refractivity contribution < 1.29 is 9.59 Å². The second-order valence-corrected chi connectivity index (χ2v) is 7.49. The van der Waals surface area contributed by atoms with Crippen molar-refractivity contribution in [2.45, 2.75) is 13.0 Å². The van der Waals surface area contributed by atoms with Crippen LogP contribution < -0.4 is 11.1 Å². The van der Waals surface area contributed by atoms with Crippen LogP contribution in [-0.4, -0.2) is 27.9 Å². The number of H-pyrrole nitrogens is 1. The van der Waals surface area contributed by atoms with Crippen LogP contribution >= 0.6 is 0 Å². The van der Waals surface area contributed by atoms with Crippen molar-refractivity contribution in [3.05, 3.63) is 59.7 Å². The fourth-order valence-electron chi connectivity index (χ4n) is 4.81. The summed E-state index contributed by atoms with van der Waals surface area (Å²) in [7, 11) is 0. The van der Waals surface area contributed by atoms with Crippen molar-refractivity contribution in [2.24, 2.45) is 5.73 Å². The predicted molar refractivity (Wildman–Crippen MR) is 114 cm³/mol. The monoisotopic (exact) mass is 382 g/mol. The van der Waals surface area contributed by atoms with E-state index >= 15 is 0 Å². The molecule has 5 aromatic rings. The average molecular weight is 382 g/mol. The minimum Gasteiger partial charge on any atom is -0.353 e. The quantitative estimate of drug-likeness (QED) is 0.416. The Hall–Kier alpha value is -3.64. The van der Waals surface area contributed by atoms with Gasteiger partial charge < -0.3 is 15.3 Å². The maximum absolute atomic E-state index is 12.9. The second kappa shape index (κ2) is 5.68. The van der Waals surface area contributed by atoms with Crippen LogP contribution in [0.5, 0.6) is 0 Å². The molecule has 0 saturated heterocycles. The number of carbonyl (C=O) groups excluding carboxylic acids is 2. The zero-order valence-corrected chi connectivity index (χ0v) is 15.6. The van der Waals surface area contributed by atoms with Gasteiger partial charge in [0.15, 0.2) is 0 Å². The number of imide groups is 1. The van der Waals surface area contributed by atoms with E-state index in [0.29, 0.717) is 17.7 Å². The SMILES string of the molecule is NCCCn1c2ccccc2c2c3c(c4c5ccccc5[nH]c4c21)C(=O)NC3=O. The van der Waals surface area contributed by atoms with Crippen LogP contribution in [-0.2, 0) is 6.54 Å². The maximum atomic E-state index is 12.9. The summed E-state index contributed by atoms with van der Waals surface area (Å²) in [6.07, 6.45) is 0.817. The largest absolute Gasteiger partial charge is 0.353 e. The van der Waals surface area contributed by atoms with Gasteiger partial charge in [0.1, 0.15) is 0 Å². The van der Waals surface area contributed by atoms with Gasteiger partial charge in [-0.15, -0.1) is 0 Å². The first kappa shape index (κ1) is 16.3. The Morgan fingerprint density at radius 2 is 1.55 bits per heavy atom. The van der Waals surface area contributed by atoms with E-state index in [0.717, 1.165) is 56.6 Å². The molecule has 2 amide bonds. The molecule has 0 aliphatic carbocycles. The van der Waals surface area contributed by atoms with E-state index in [1.807, 2.05) is 42.5 Å². The third kappa shape index (κ3) is 1.98. The zero-order valence-electron chi connectivity index (χ0n) is 15.6.